The Labute approximate surface area is 180 Å². The van der Waals surface area contributed by atoms with Crippen LogP contribution in [0, 0.1) is 12.3 Å². The molecule has 0 unspecified atom stereocenters. The molecule has 0 fully saturated rings. The number of pyridine rings is 1. The highest BCUT2D eigenvalue weighted by atomic mass is 16.5. The van der Waals surface area contributed by atoms with E-state index in [0.717, 1.165) is 40.2 Å². The van der Waals surface area contributed by atoms with Crippen LogP contribution in [0.1, 0.15) is 57.6 Å². The summed E-state index contributed by atoms with van der Waals surface area (Å²) >= 11 is 0. The van der Waals surface area contributed by atoms with Crippen LogP contribution < -0.4 is 11.1 Å². The molecule has 0 saturated carbocycles. The van der Waals surface area contributed by atoms with Gasteiger partial charge in [0.05, 0.1) is 35.6 Å². The summed E-state index contributed by atoms with van der Waals surface area (Å²) in [6.45, 7) is 17.2. The van der Waals surface area contributed by atoms with Gasteiger partial charge in [-0.05, 0) is 58.7 Å². The summed E-state index contributed by atoms with van der Waals surface area (Å²) in [7, 11) is 0. The normalized spacial score (nSPS) is 12.5. The molecule has 2 heterocycles. The molecule has 0 atom stereocenters. The molecule has 0 aliphatic carbocycles. The fourth-order valence-electron chi connectivity index (χ4n) is 3.81. The van der Waals surface area contributed by atoms with E-state index in [4.69, 9.17) is 20.9 Å². The lowest BCUT2D eigenvalue weighted by Crippen LogP contribution is -2.21. The number of hydrogen-bond acceptors (Lipinski definition) is 4. The third kappa shape index (κ3) is 4.75. The molecule has 0 aromatic carbocycles. The highest BCUT2D eigenvalue weighted by molar-refractivity contribution is 5.96. The molecule has 2 aromatic rings. The number of allylic oxidation sites excluding steroid dienone is 5. The number of nitrogens with two attached hydrogens (primary N) is 1. The number of ether oxygens (including phenoxy) is 1. The fraction of sp³-hybridized carbons (Fsp3) is 0.417. The minimum absolute atomic E-state index is 0.0874. The maximum Gasteiger partial charge on any atom is 0.110 e. The van der Waals surface area contributed by atoms with Gasteiger partial charge < -0.3 is 20.4 Å². The number of aryl methyl sites for hydroxylation is 1. The molecule has 0 radical (unpaired) electrons. The summed E-state index contributed by atoms with van der Waals surface area (Å²) in [5, 5.41) is 11.0. The number of rotatable bonds is 10. The minimum atomic E-state index is 0.0874. The van der Waals surface area contributed by atoms with Crippen LogP contribution in [-0.2, 0) is 11.2 Å². The molecule has 6 heteroatoms. The number of nitrogens with one attached hydrogen (secondary N) is 2. The van der Waals surface area contributed by atoms with Crippen molar-refractivity contribution in [3.63, 3.8) is 0 Å². The Morgan fingerprint density at radius 2 is 2.10 bits per heavy atom. The van der Waals surface area contributed by atoms with Gasteiger partial charge >= 0.3 is 0 Å². The Kier molecular flexibility index (Phi) is 7.86. The van der Waals surface area contributed by atoms with E-state index < -0.39 is 0 Å². The van der Waals surface area contributed by atoms with Crippen LogP contribution in [0.15, 0.2) is 36.6 Å². The minimum Gasteiger partial charge on any atom is -0.498 e. The van der Waals surface area contributed by atoms with Crippen LogP contribution >= 0.6 is 0 Å². The monoisotopic (exact) mass is 409 g/mol. The first-order chi connectivity index (χ1) is 14.3. The third-order valence-electron chi connectivity index (χ3n) is 5.05. The first-order valence-electron chi connectivity index (χ1n) is 10.5. The van der Waals surface area contributed by atoms with Crippen molar-refractivity contribution < 1.29 is 4.74 Å². The second-order valence-electron chi connectivity index (χ2n) is 7.52. The van der Waals surface area contributed by atoms with Crippen molar-refractivity contribution in [1.29, 1.82) is 5.41 Å². The van der Waals surface area contributed by atoms with Gasteiger partial charge in [0, 0.05) is 17.3 Å². The maximum atomic E-state index is 7.67. The average Bonchev–Trinajstić information content (AvgIpc) is 2.99. The first kappa shape index (κ1) is 23.3. The summed E-state index contributed by atoms with van der Waals surface area (Å²) < 4.78 is 8.13. The highest BCUT2D eigenvalue weighted by Gasteiger charge is 2.21. The van der Waals surface area contributed by atoms with E-state index in [2.05, 4.69) is 44.2 Å². The number of anilines is 1. The molecule has 162 valence electrons. The molecule has 2 aromatic heterocycles. The lowest BCUT2D eigenvalue weighted by Gasteiger charge is -2.18. The fourth-order valence-corrected chi connectivity index (χ4v) is 3.81. The highest BCUT2D eigenvalue weighted by Crippen LogP contribution is 2.35. The van der Waals surface area contributed by atoms with Gasteiger partial charge in [-0.1, -0.05) is 25.7 Å². The quantitative estimate of drug-likeness (QED) is 0.214. The van der Waals surface area contributed by atoms with Gasteiger partial charge in [0.1, 0.15) is 11.6 Å². The maximum absolute atomic E-state index is 7.67. The second-order valence-corrected chi connectivity index (χ2v) is 7.52. The Morgan fingerprint density at radius 3 is 2.63 bits per heavy atom. The summed E-state index contributed by atoms with van der Waals surface area (Å²) in [6, 6.07) is 2.30. The summed E-state index contributed by atoms with van der Waals surface area (Å²) in [4.78, 5) is 5.06. The number of fused-ring (bicyclic) bond motifs is 1. The van der Waals surface area contributed by atoms with E-state index >= 15 is 0 Å². The van der Waals surface area contributed by atoms with Crippen molar-refractivity contribution in [3.8, 4) is 0 Å². The molecular formula is C24H35N5O. The Bertz CT molecular complexity index is 995. The van der Waals surface area contributed by atoms with Gasteiger partial charge in [0.25, 0.3) is 0 Å². The second kappa shape index (κ2) is 10.1. The summed E-state index contributed by atoms with van der Waals surface area (Å²) in [6.07, 6.45) is 6.51. The lowest BCUT2D eigenvalue weighted by atomic mass is 10.1. The molecule has 0 aliphatic heterocycles. The molecule has 0 aliphatic rings. The first-order valence-corrected chi connectivity index (χ1v) is 10.5. The summed E-state index contributed by atoms with van der Waals surface area (Å²) in [5.41, 5.74) is 12.7. The van der Waals surface area contributed by atoms with Gasteiger partial charge in [-0.15, -0.1) is 0 Å². The van der Waals surface area contributed by atoms with Gasteiger partial charge in [-0.2, -0.15) is 0 Å². The largest absolute Gasteiger partial charge is 0.498 e. The molecule has 30 heavy (non-hydrogen) atoms. The van der Waals surface area contributed by atoms with E-state index in [0.29, 0.717) is 6.61 Å². The van der Waals surface area contributed by atoms with Crippen molar-refractivity contribution in [2.75, 3.05) is 18.5 Å². The van der Waals surface area contributed by atoms with Gasteiger partial charge in [-0.3, -0.25) is 5.41 Å². The summed E-state index contributed by atoms with van der Waals surface area (Å²) in [5.74, 6) is 0.890. The number of nitrogens with zero attached hydrogens (tertiary/aromatic N) is 2. The molecule has 6 nitrogen and oxygen atoms in total. The molecule has 0 bridgehead atoms. The topological polar surface area (TPSA) is 88.9 Å². The smallest absolute Gasteiger partial charge is 0.110 e. The standard InChI is InChI=1S/C24H35N5O/c1-8-11-12-18(17(7)30-10-3)19-13-20(27-14-22(25)26)24-23(28-19)16(6)21(9-2)29(24)15(4)5/h8,11-13,15H,1,9-10,14H2,2-7H3,(H3,25,26)(H,27,28)/b12-11-,18-17-. The average molecular weight is 410 g/mol. The van der Waals surface area contributed by atoms with E-state index in [9.17, 15) is 0 Å². The van der Waals surface area contributed by atoms with Crippen molar-refractivity contribution in [2.24, 2.45) is 5.73 Å². The number of aromatic nitrogens is 2. The van der Waals surface area contributed by atoms with Crippen LogP contribution in [0.4, 0.5) is 5.69 Å². The predicted molar refractivity (Wildman–Crippen MR) is 128 cm³/mol. The molecular weight excluding hydrogens is 374 g/mol. The van der Waals surface area contributed by atoms with Crippen LogP contribution in [0.5, 0.6) is 0 Å². The van der Waals surface area contributed by atoms with Gasteiger partial charge in [-0.25, -0.2) is 4.98 Å². The molecule has 4 N–H and O–H groups in total. The van der Waals surface area contributed by atoms with Crippen molar-refractivity contribution >= 4 is 28.1 Å². The van der Waals surface area contributed by atoms with Crippen LogP contribution in [-0.4, -0.2) is 28.5 Å². The predicted octanol–water partition coefficient (Wildman–Crippen LogP) is 5.35. The molecule has 0 saturated heterocycles. The van der Waals surface area contributed by atoms with Crippen molar-refractivity contribution in [1.82, 2.24) is 9.55 Å². The zero-order valence-corrected chi connectivity index (χ0v) is 19.1. The van der Waals surface area contributed by atoms with Gasteiger partial charge in [0.2, 0.25) is 0 Å². The van der Waals surface area contributed by atoms with Gasteiger partial charge in [0.15, 0.2) is 0 Å². The van der Waals surface area contributed by atoms with Crippen LogP contribution in [0.3, 0.4) is 0 Å². The lowest BCUT2D eigenvalue weighted by molar-refractivity contribution is 0.233. The van der Waals surface area contributed by atoms with Crippen LogP contribution in [0.2, 0.25) is 0 Å². The van der Waals surface area contributed by atoms with Crippen molar-refractivity contribution in [3.05, 3.63) is 53.6 Å². The van der Waals surface area contributed by atoms with E-state index in [1.165, 1.54) is 11.3 Å². The number of amidine groups is 1. The van der Waals surface area contributed by atoms with E-state index in [-0.39, 0.29) is 18.4 Å². The number of hydrogen-bond donors (Lipinski definition) is 3. The zero-order valence-electron chi connectivity index (χ0n) is 19.1. The van der Waals surface area contributed by atoms with E-state index in [1.54, 1.807) is 6.08 Å². The Hall–Kier alpha value is -3.02. The SMILES string of the molecule is C=C/C=C\C(=C(/C)OCC)c1cc(NCC(=N)N)c2c(n1)c(C)c(CC)n2C(C)C. The molecule has 2 rings (SSSR count). The third-order valence-corrected chi connectivity index (χ3v) is 5.05. The Balaban J connectivity index is 2.89. The van der Waals surface area contributed by atoms with E-state index in [1.807, 2.05) is 32.1 Å². The van der Waals surface area contributed by atoms with Crippen molar-refractivity contribution in [2.45, 2.75) is 54.0 Å². The zero-order chi connectivity index (χ0) is 22.4. The molecule has 0 amide bonds. The molecule has 0 spiro atoms. The Morgan fingerprint density at radius 1 is 1.40 bits per heavy atom. The van der Waals surface area contributed by atoms with Crippen LogP contribution in [0.25, 0.3) is 16.6 Å².